The van der Waals surface area contributed by atoms with Crippen LogP contribution in [-0.2, 0) is 0 Å². The minimum Gasteiger partial charge on any atom is -0.396 e. The van der Waals surface area contributed by atoms with Crippen LogP contribution in [0.4, 0.5) is 10.5 Å². The molecule has 4 heteroatoms. The van der Waals surface area contributed by atoms with Gasteiger partial charge in [-0.25, -0.2) is 4.79 Å². The molecule has 1 aliphatic rings. The van der Waals surface area contributed by atoms with E-state index < -0.39 is 0 Å². The monoisotopic (exact) mass is 272 g/mol. The molecule has 0 aliphatic heterocycles. The van der Waals surface area contributed by atoms with Crippen molar-refractivity contribution < 1.29 is 9.90 Å². The number of carbonyl (C=O) groups is 1. The molecule has 106 valence electrons. The second-order valence-corrected chi connectivity index (χ2v) is 5.16. The van der Waals surface area contributed by atoms with E-state index in [1.165, 1.54) is 0 Å². The third kappa shape index (κ3) is 3.75. The predicted octanol–water partition coefficient (Wildman–Crippen LogP) is 2.34. The lowest BCUT2D eigenvalue weighted by Crippen LogP contribution is -2.45. The number of hydrogen-bond acceptors (Lipinski definition) is 2. The highest BCUT2D eigenvalue weighted by atomic mass is 16.3. The molecular formula is C16H20N2O2. The molecule has 0 bridgehead atoms. The summed E-state index contributed by atoms with van der Waals surface area (Å²) in [6.45, 7) is 0.123. The number of aliphatic hydroxyl groups is 1. The molecule has 1 fully saturated rings. The number of nitrogens with one attached hydrogen (secondary N) is 2. The highest BCUT2D eigenvalue weighted by Gasteiger charge is 2.25. The van der Waals surface area contributed by atoms with Gasteiger partial charge in [0, 0.05) is 29.8 Å². The van der Waals surface area contributed by atoms with Gasteiger partial charge in [-0.1, -0.05) is 24.8 Å². The molecule has 2 rings (SSSR count). The van der Waals surface area contributed by atoms with E-state index in [-0.39, 0.29) is 24.6 Å². The summed E-state index contributed by atoms with van der Waals surface area (Å²) in [5, 5.41) is 15.1. The normalized spacial score (nSPS) is 21.8. The zero-order valence-corrected chi connectivity index (χ0v) is 11.4. The minimum absolute atomic E-state index is 0.0459. The summed E-state index contributed by atoms with van der Waals surface area (Å²) in [4.78, 5) is 12.0. The van der Waals surface area contributed by atoms with E-state index in [0.717, 1.165) is 31.2 Å². The van der Waals surface area contributed by atoms with Crippen LogP contribution in [0.3, 0.4) is 0 Å². The maximum Gasteiger partial charge on any atom is 0.319 e. The largest absolute Gasteiger partial charge is 0.396 e. The van der Waals surface area contributed by atoms with E-state index in [9.17, 15) is 9.90 Å². The molecular weight excluding hydrogens is 252 g/mol. The van der Waals surface area contributed by atoms with Gasteiger partial charge in [-0.15, -0.1) is 6.42 Å². The number of hydrogen-bond donors (Lipinski definition) is 3. The van der Waals surface area contributed by atoms with Crippen molar-refractivity contribution in [1.29, 1.82) is 0 Å². The van der Waals surface area contributed by atoms with Gasteiger partial charge in [-0.3, -0.25) is 0 Å². The zero-order valence-electron chi connectivity index (χ0n) is 11.4. The van der Waals surface area contributed by atoms with Gasteiger partial charge in [-0.05, 0) is 31.0 Å². The molecule has 3 N–H and O–H groups in total. The van der Waals surface area contributed by atoms with E-state index in [4.69, 9.17) is 6.42 Å². The van der Waals surface area contributed by atoms with Gasteiger partial charge in [0.15, 0.2) is 0 Å². The predicted molar refractivity (Wildman–Crippen MR) is 79.4 cm³/mol. The van der Waals surface area contributed by atoms with Gasteiger partial charge < -0.3 is 15.7 Å². The molecule has 0 aromatic heterocycles. The number of benzene rings is 1. The molecule has 0 heterocycles. The summed E-state index contributed by atoms with van der Waals surface area (Å²) in [7, 11) is 0. The SMILES string of the molecule is C#Cc1cccc(NC(=O)NC2CCCCC2CO)c1. The van der Waals surface area contributed by atoms with Crippen molar-refractivity contribution in [1.82, 2.24) is 5.32 Å². The molecule has 1 aromatic carbocycles. The zero-order chi connectivity index (χ0) is 14.4. The molecule has 0 spiro atoms. The number of terminal acetylenes is 1. The van der Waals surface area contributed by atoms with E-state index in [1.54, 1.807) is 12.1 Å². The summed E-state index contributed by atoms with van der Waals surface area (Å²) in [6.07, 6.45) is 9.43. The Balaban J connectivity index is 1.93. The van der Waals surface area contributed by atoms with Crippen LogP contribution >= 0.6 is 0 Å². The van der Waals surface area contributed by atoms with Crippen molar-refractivity contribution in [3.05, 3.63) is 29.8 Å². The summed E-state index contributed by atoms with van der Waals surface area (Å²) in [6, 6.07) is 6.97. The molecule has 0 radical (unpaired) electrons. The Bertz CT molecular complexity index is 507. The van der Waals surface area contributed by atoms with Gasteiger partial charge >= 0.3 is 6.03 Å². The van der Waals surface area contributed by atoms with E-state index in [1.807, 2.05) is 12.1 Å². The number of anilines is 1. The van der Waals surface area contributed by atoms with Crippen molar-refractivity contribution in [3.8, 4) is 12.3 Å². The minimum atomic E-state index is -0.246. The summed E-state index contributed by atoms with van der Waals surface area (Å²) < 4.78 is 0. The highest BCUT2D eigenvalue weighted by Crippen LogP contribution is 2.24. The second-order valence-electron chi connectivity index (χ2n) is 5.16. The van der Waals surface area contributed by atoms with Crippen LogP contribution in [0.5, 0.6) is 0 Å². The van der Waals surface area contributed by atoms with Gasteiger partial charge in [-0.2, -0.15) is 0 Å². The average molecular weight is 272 g/mol. The molecule has 1 aromatic rings. The first-order chi connectivity index (χ1) is 9.72. The Hall–Kier alpha value is -1.99. The van der Waals surface area contributed by atoms with Crippen molar-refractivity contribution in [2.75, 3.05) is 11.9 Å². The first kappa shape index (κ1) is 14.4. The van der Waals surface area contributed by atoms with E-state index in [0.29, 0.717) is 5.69 Å². The van der Waals surface area contributed by atoms with Crippen LogP contribution < -0.4 is 10.6 Å². The van der Waals surface area contributed by atoms with Crippen molar-refractivity contribution in [2.45, 2.75) is 31.7 Å². The van der Waals surface area contributed by atoms with Crippen LogP contribution in [0.25, 0.3) is 0 Å². The standard InChI is InChI=1S/C16H20N2O2/c1-2-12-6-5-8-14(10-12)17-16(20)18-15-9-4-3-7-13(15)11-19/h1,5-6,8,10,13,15,19H,3-4,7,9,11H2,(H2,17,18,20). The first-order valence-electron chi connectivity index (χ1n) is 6.98. The molecule has 1 aliphatic carbocycles. The van der Waals surface area contributed by atoms with Gasteiger partial charge in [0.05, 0.1) is 0 Å². The van der Waals surface area contributed by atoms with Crippen LogP contribution in [-0.4, -0.2) is 23.8 Å². The Kier molecular flexibility index (Phi) is 5.03. The number of carbonyl (C=O) groups excluding carboxylic acids is 1. The van der Waals surface area contributed by atoms with Crippen LogP contribution in [0.15, 0.2) is 24.3 Å². The molecule has 2 amide bonds. The Morgan fingerprint density at radius 3 is 2.95 bits per heavy atom. The number of aliphatic hydroxyl groups excluding tert-OH is 1. The van der Waals surface area contributed by atoms with Crippen LogP contribution in [0.2, 0.25) is 0 Å². The third-order valence-corrected chi connectivity index (χ3v) is 3.75. The van der Waals surface area contributed by atoms with Crippen LogP contribution in [0.1, 0.15) is 31.2 Å². The Morgan fingerprint density at radius 2 is 2.20 bits per heavy atom. The average Bonchev–Trinajstić information content (AvgIpc) is 2.48. The second kappa shape index (κ2) is 6.97. The topological polar surface area (TPSA) is 61.4 Å². The molecule has 20 heavy (non-hydrogen) atoms. The lowest BCUT2D eigenvalue weighted by molar-refractivity contribution is 0.156. The molecule has 1 saturated carbocycles. The quantitative estimate of drug-likeness (QED) is 0.740. The lowest BCUT2D eigenvalue weighted by atomic mass is 9.85. The van der Waals surface area contributed by atoms with Gasteiger partial charge in [0.2, 0.25) is 0 Å². The number of amides is 2. The lowest BCUT2D eigenvalue weighted by Gasteiger charge is -2.30. The number of urea groups is 1. The fourth-order valence-electron chi connectivity index (χ4n) is 2.64. The van der Waals surface area contributed by atoms with E-state index >= 15 is 0 Å². The maximum absolute atomic E-state index is 12.0. The molecule has 0 saturated heterocycles. The van der Waals surface area contributed by atoms with Crippen molar-refractivity contribution >= 4 is 11.7 Å². The molecule has 2 unspecified atom stereocenters. The Labute approximate surface area is 119 Å². The fraction of sp³-hybridized carbons (Fsp3) is 0.438. The smallest absolute Gasteiger partial charge is 0.319 e. The highest BCUT2D eigenvalue weighted by molar-refractivity contribution is 5.89. The summed E-state index contributed by atoms with van der Waals surface area (Å²) >= 11 is 0. The van der Waals surface area contributed by atoms with Crippen LogP contribution in [0, 0.1) is 18.3 Å². The molecule has 4 nitrogen and oxygen atoms in total. The third-order valence-electron chi connectivity index (χ3n) is 3.75. The van der Waals surface area contributed by atoms with E-state index in [2.05, 4.69) is 16.6 Å². The first-order valence-corrected chi connectivity index (χ1v) is 6.98. The number of rotatable bonds is 3. The maximum atomic E-state index is 12.0. The fourth-order valence-corrected chi connectivity index (χ4v) is 2.64. The summed E-state index contributed by atoms with van der Waals surface area (Å²) in [5.41, 5.74) is 1.41. The van der Waals surface area contributed by atoms with Crippen molar-refractivity contribution in [2.24, 2.45) is 5.92 Å². The van der Waals surface area contributed by atoms with Crippen molar-refractivity contribution in [3.63, 3.8) is 0 Å². The molecule has 2 atom stereocenters. The summed E-state index contributed by atoms with van der Waals surface area (Å²) in [5.74, 6) is 2.69. The Morgan fingerprint density at radius 1 is 1.40 bits per heavy atom. The van der Waals surface area contributed by atoms with Gasteiger partial charge in [0.25, 0.3) is 0 Å². The van der Waals surface area contributed by atoms with Gasteiger partial charge in [0.1, 0.15) is 0 Å².